The predicted octanol–water partition coefficient (Wildman–Crippen LogP) is 2.49. The number of nitrogens with zero attached hydrogens (tertiary/aromatic N) is 4. The van der Waals surface area contributed by atoms with E-state index >= 15 is 0 Å². The van der Waals surface area contributed by atoms with Gasteiger partial charge in [-0.25, -0.2) is 14.3 Å². The molecular weight excluding hydrogens is 398 g/mol. The number of hydrogen-bond donors (Lipinski definition) is 1. The molecule has 1 N–H and O–H groups in total. The van der Waals surface area contributed by atoms with Gasteiger partial charge in [-0.1, -0.05) is 25.0 Å². The third kappa shape index (κ3) is 2.96. The van der Waals surface area contributed by atoms with Crippen molar-refractivity contribution in [1.29, 1.82) is 0 Å². The molecule has 1 saturated carbocycles. The van der Waals surface area contributed by atoms with Crippen LogP contribution in [0.3, 0.4) is 0 Å². The van der Waals surface area contributed by atoms with E-state index in [1.54, 1.807) is 43.6 Å². The molecule has 2 aromatic heterocycles. The van der Waals surface area contributed by atoms with Crippen LogP contribution in [0.1, 0.15) is 41.7 Å². The Hall–Kier alpha value is -3.75. The van der Waals surface area contributed by atoms with Crippen molar-refractivity contribution >= 4 is 34.8 Å². The van der Waals surface area contributed by atoms with E-state index in [1.165, 1.54) is 9.42 Å². The lowest BCUT2D eigenvalue weighted by molar-refractivity contribution is -0.129. The molecule has 1 aliphatic heterocycles. The minimum Gasteiger partial charge on any atom is -0.452 e. The van der Waals surface area contributed by atoms with E-state index in [2.05, 4.69) is 15.4 Å². The van der Waals surface area contributed by atoms with Gasteiger partial charge in [0.2, 0.25) is 0 Å². The first-order valence-electron chi connectivity index (χ1n) is 10.2. The molecule has 1 aliphatic carbocycles. The number of carbonyl (C=O) groups excluding carboxylic acids is 3. The molecule has 0 bridgehead atoms. The van der Waals surface area contributed by atoms with Crippen molar-refractivity contribution in [2.24, 2.45) is 0 Å². The molecule has 5 rings (SSSR count). The van der Waals surface area contributed by atoms with Crippen LogP contribution in [0.2, 0.25) is 0 Å². The molecule has 1 fully saturated rings. The fourth-order valence-corrected chi connectivity index (χ4v) is 4.63. The largest absolute Gasteiger partial charge is 0.452 e. The van der Waals surface area contributed by atoms with Crippen LogP contribution in [0.25, 0.3) is 5.65 Å². The summed E-state index contributed by atoms with van der Waals surface area (Å²) in [5.41, 5.74) is 1.31. The number of hydrogen-bond acceptors (Lipinski definition) is 6. The molecular formula is C22H21N5O4. The highest BCUT2D eigenvalue weighted by Crippen LogP contribution is 2.45. The number of rotatable bonds is 3. The van der Waals surface area contributed by atoms with Crippen LogP contribution >= 0.6 is 0 Å². The lowest BCUT2D eigenvalue weighted by Gasteiger charge is -2.44. The Labute approximate surface area is 178 Å². The maximum atomic E-state index is 13.3. The molecule has 0 unspecified atom stereocenters. The van der Waals surface area contributed by atoms with Gasteiger partial charge in [0.05, 0.1) is 17.1 Å². The van der Waals surface area contributed by atoms with E-state index in [9.17, 15) is 14.4 Å². The number of fused-ring (bicyclic) bond motifs is 2. The van der Waals surface area contributed by atoms with E-state index in [0.29, 0.717) is 35.6 Å². The summed E-state index contributed by atoms with van der Waals surface area (Å²) in [6, 6.07) is 8.88. The monoisotopic (exact) mass is 419 g/mol. The van der Waals surface area contributed by atoms with E-state index in [1.807, 2.05) is 6.07 Å². The van der Waals surface area contributed by atoms with Gasteiger partial charge in [-0.05, 0) is 38.0 Å². The molecule has 2 amide bonds. The summed E-state index contributed by atoms with van der Waals surface area (Å²) < 4.78 is 6.88. The van der Waals surface area contributed by atoms with E-state index in [0.717, 1.165) is 12.8 Å². The van der Waals surface area contributed by atoms with Gasteiger partial charge in [0.1, 0.15) is 11.1 Å². The van der Waals surface area contributed by atoms with Crippen LogP contribution in [0.5, 0.6) is 0 Å². The van der Waals surface area contributed by atoms with Gasteiger partial charge >= 0.3 is 5.97 Å². The molecule has 0 radical (unpaired) electrons. The summed E-state index contributed by atoms with van der Waals surface area (Å²) >= 11 is 0. The van der Waals surface area contributed by atoms with Gasteiger partial charge in [0.15, 0.2) is 12.3 Å². The zero-order valence-corrected chi connectivity index (χ0v) is 17.0. The summed E-state index contributed by atoms with van der Waals surface area (Å²) in [7, 11) is 0. The van der Waals surface area contributed by atoms with Gasteiger partial charge in [0.25, 0.3) is 11.8 Å². The van der Waals surface area contributed by atoms with E-state index in [-0.39, 0.29) is 11.5 Å². The quantitative estimate of drug-likeness (QED) is 0.654. The Kier molecular flexibility index (Phi) is 4.46. The fraction of sp³-hybridized carbons (Fsp3) is 0.318. The minimum absolute atomic E-state index is 0.189. The summed E-state index contributed by atoms with van der Waals surface area (Å²) in [6.07, 6.45) is 6.10. The summed E-state index contributed by atoms with van der Waals surface area (Å²) in [5, 5.41) is 7.19. The second kappa shape index (κ2) is 7.19. The smallest absolute Gasteiger partial charge is 0.344 e. The standard InChI is InChI=1S/C22H21N5O4/c1-14-18(19-23-11-6-12-26(19)25-14)20(29)31-13-17(28)27-16-8-3-2-7-15(16)24-21(30)22(27)9-4-5-10-22/h2-3,6-8,11-12H,4-5,9-10,13H2,1H3,(H,24,30). The number of anilines is 2. The highest BCUT2D eigenvalue weighted by Gasteiger charge is 2.52. The summed E-state index contributed by atoms with van der Waals surface area (Å²) in [4.78, 5) is 44.8. The fourth-order valence-electron chi connectivity index (χ4n) is 4.63. The topological polar surface area (TPSA) is 106 Å². The third-order valence-electron chi connectivity index (χ3n) is 6.03. The van der Waals surface area contributed by atoms with E-state index in [4.69, 9.17) is 4.74 Å². The number of amides is 2. The third-order valence-corrected chi connectivity index (χ3v) is 6.03. The first-order valence-corrected chi connectivity index (χ1v) is 10.2. The maximum absolute atomic E-state index is 13.3. The number of para-hydroxylation sites is 2. The summed E-state index contributed by atoms with van der Waals surface area (Å²) in [6.45, 7) is 1.21. The number of aromatic nitrogens is 3. The molecule has 158 valence electrons. The number of ether oxygens (including phenoxy) is 1. The van der Waals surface area contributed by atoms with Crippen molar-refractivity contribution in [3.8, 4) is 0 Å². The van der Waals surface area contributed by atoms with Gasteiger partial charge in [-0.15, -0.1) is 0 Å². The van der Waals surface area contributed by atoms with E-state index < -0.39 is 24.0 Å². The van der Waals surface area contributed by atoms with Gasteiger partial charge in [0, 0.05) is 12.4 Å². The van der Waals surface area contributed by atoms with Crippen LogP contribution < -0.4 is 10.2 Å². The molecule has 1 aromatic carbocycles. The molecule has 3 heterocycles. The number of aryl methyl sites for hydroxylation is 1. The van der Waals surface area contributed by atoms with Crippen LogP contribution in [0, 0.1) is 6.92 Å². The van der Waals surface area contributed by atoms with Crippen molar-refractivity contribution in [3.63, 3.8) is 0 Å². The van der Waals surface area contributed by atoms with Crippen LogP contribution in [0.4, 0.5) is 11.4 Å². The Morgan fingerprint density at radius 2 is 1.97 bits per heavy atom. The van der Waals surface area contributed by atoms with Gasteiger partial charge < -0.3 is 10.1 Å². The van der Waals surface area contributed by atoms with Crippen LogP contribution in [-0.4, -0.2) is 44.5 Å². The van der Waals surface area contributed by atoms with Gasteiger partial charge in [-0.2, -0.15) is 5.10 Å². The molecule has 2 aliphatic rings. The number of nitrogens with one attached hydrogen (secondary N) is 1. The second-order valence-corrected chi connectivity index (χ2v) is 7.86. The zero-order valence-electron chi connectivity index (χ0n) is 17.0. The Morgan fingerprint density at radius 3 is 2.77 bits per heavy atom. The number of benzene rings is 1. The first kappa shape index (κ1) is 19.2. The highest BCUT2D eigenvalue weighted by atomic mass is 16.5. The summed E-state index contributed by atoms with van der Waals surface area (Å²) in [5.74, 6) is -1.29. The SMILES string of the molecule is Cc1nn2cccnc2c1C(=O)OCC(=O)N1c2ccccc2NC(=O)C12CCCC2. The lowest BCUT2D eigenvalue weighted by atomic mass is 9.90. The Bertz CT molecular complexity index is 1210. The predicted molar refractivity (Wildman–Crippen MR) is 112 cm³/mol. The average Bonchev–Trinajstić information content (AvgIpc) is 3.37. The first-order chi connectivity index (χ1) is 15.0. The zero-order chi connectivity index (χ0) is 21.6. The molecule has 9 nitrogen and oxygen atoms in total. The van der Waals surface area contributed by atoms with Crippen molar-refractivity contribution < 1.29 is 19.1 Å². The molecule has 3 aromatic rings. The molecule has 9 heteroatoms. The molecule has 31 heavy (non-hydrogen) atoms. The molecule has 1 spiro atoms. The molecule has 0 atom stereocenters. The van der Waals surface area contributed by atoms with Crippen molar-refractivity contribution in [1.82, 2.24) is 14.6 Å². The van der Waals surface area contributed by atoms with Crippen molar-refractivity contribution in [2.45, 2.75) is 38.1 Å². The lowest BCUT2D eigenvalue weighted by Crippen LogP contribution is -2.61. The molecule has 0 saturated heterocycles. The minimum atomic E-state index is -0.945. The number of carbonyl (C=O) groups is 3. The highest BCUT2D eigenvalue weighted by molar-refractivity contribution is 6.15. The normalized spacial score (nSPS) is 16.9. The average molecular weight is 419 g/mol. The van der Waals surface area contributed by atoms with Gasteiger partial charge in [-0.3, -0.25) is 14.5 Å². The Morgan fingerprint density at radius 1 is 1.19 bits per heavy atom. The van der Waals surface area contributed by atoms with Crippen LogP contribution in [-0.2, 0) is 14.3 Å². The Balaban J connectivity index is 1.43. The van der Waals surface area contributed by atoms with Crippen LogP contribution in [0.15, 0.2) is 42.7 Å². The number of esters is 1. The second-order valence-electron chi connectivity index (χ2n) is 7.86. The van der Waals surface area contributed by atoms with Crippen molar-refractivity contribution in [2.75, 3.05) is 16.8 Å². The van der Waals surface area contributed by atoms with Crippen molar-refractivity contribution in [3.05, 3.63) is 54.0 Å². The maximum Gasteiger partial charge on any atom is 0.344 e.